The van der Waals surface area contributed by atoms with Crippen molar-refractivity contribution in [1.82, 2.24) is 4.90 Å². The number of rotatable bonds is 5. The predicted molar refractivity (Wildman–Crippen MR) is 77.7 cm³/mol. The molecule has 0 aromatic carbocycles. The molecular weight excluding hydrogens is 279 g/mol. The van der Waals surface area contributed by atoms with E-state index in [0.717, 1.165) is 18.9 Å². The number of hydrogen-bond donors (Lipinski definition) is 0. The first-order valence-electron chi connectivity index (χ1n) is 6.94. The highest BCUT2D eigenvalue weighted by Gasteiger charge is 2.42. The van der Waals surface area contributed by atoms with Crippen LogP contribution in [-0.2, 0) is 4.79 Å². The van der Waals surface area contributed by atoms with Crippen molar-refractivity contribution in [3.8, 4) is 0 Å². The summed E-state index contributed by atoms with van der Waals surface area (Å²) in [7, 11) is 1.40. The number of halogens is 3. The van der Waals surface area contributed by atoms with Crippen molar-refractivity contribution in [2.24, 2.45) is 5.41 Å². The molecule has 0 unspecified atom stereocenters. The molecular formula is C16H22F3NO. The molecule has 0 heterocycles. The largest absolute Gasteiger partial charge is 0.431 e. The van der Waals surface area contributed by atoms with Crippen LogP contribution < -0.4 is 0 Å². The lowest BCUT2D eigenvalue weighted by Crippen LogP contribution is -2.41. The molecule has 2 nitrogen and oxygen atoms in total. The highest BCUT2D eigenvalue weighted by atomic mass is 19.4. The molecule has 0 spiro atoms. The molecule has 1 aliphatic rings. The van der Waals surface area contributed by atoms with Gasteiger partial charge in [0, 0.05) is 18.7 Å². The van der Waals surface area contributed by atoms with E-state index in [4.69, 9.17) is 0 Å². The predicted octanol–water partition coefficient (Wildman–Crippen LogP) is 4.25. The average molecular weight is 301 g/mol. The van der Waals surface area contributed by atoms with E-state index >= 15 is 0 Å². The van der Waals surface area contributed by atoms with Crippen LogP contribution in [0.5, 0.6) is 0 Å². The van der Waals surface area contributed by atoms with Crippen molar-refractivity contribution >= 4 is 6.29 Å². The van der Waals surface area contributed by atoms with Gasteiger partial charge in [0.25, 0.3) is 0 Å². The summed E-state index contributed by atoms with van der Waals surface area (Å²) in [5.74, 6) is 0. The minimum atomic E-state index is -4.57. The molecule has 0 aliphatic heterocycles. The minimum Gasteiger partial charge on any atom is -0.367 e. The molecule has 1 rings (SSSR count). The van der Waals surface area contributed by atoms with Crippen LogP contribution in [0.15, 0.2) is 36.6 Å². The van der Waals surface area contributed by atoms with Crippen LogP contribution in [0, 0.1) is 5.41 Å². The highest BCUT2D eigenvalue weighted by Crippen LogP contribution is 2.41. The maximum absolute atomic E-state index is 13.2. The average Bonchev–Trinajstić information content (AvgIpc) is 2.43. The second kappa shape index (κ2) is 6.50. The molecule has 0 radical (unpaired) electrons. The summed E-state index contributed by atoms with van der Waals surface area (Å²) in [6.07, 6.45) is 1.35. The maximum Gasteiger partial charge on any atom is 0.431 e. The van der Waals surface area contributed by atoms with E-state index in [0.29, 0.717) is 12.8 Å². The lowest BCUT2D eigenvalue weighted by Gasteiger charge is -2.41. The monoisotopic (exact) mass is 301 g/mol. The van der Waals surface area contributed by atoms with E-state index in [1.807, 2.05) is 6.08 Å². The lowest BCUT2D eigenvalue weighted by molar-refractivity contribution is -0.118. The Labute approximate surface area is 124 Å². The zero-order chi connectivity index (χ0) is 16.3. The first-order chi connectivity index (χ1) is 9.68. The van der Waals surface area contributed by atoms with Gasteiger partial charge in [-0.25, -0.2) is 0 Å². The van der Waals surface area contributed by atoms with E-state index in [1.165, 1.54) is 11.9 Å². The summed E-state index contributed by atoms with van der Waals surface area (Å²) in [5.41, 5.74) is -1.33. The van der Waals surface area contributed by atoms with E-state index in [2.05, 4.69) is 20.1 Å². The van der Waals surface area contributed by atoms with Crippen LogP contribution in [0.25, 0.3) is 0 Å². The first-order valence-corrected chi connectivity index (χ1v) is 6.94. The van der Waals surface area contributed by atoms with Gasteiger partial charge in [-0.15, -0.1) is 6.58 Å². The molecule has 0 bridgehead atoms. The Morgan fingerprint density at radius 2 is 1.81 bits per heavy atom. The van der Waals surface area contributed by atoms with Crippen LogP contribution >= 0.6 is 0 Å². The lowest BCUT2D eigenvalue weighted by atomic mass is 9.74. The van der Waals surface area contributed by atoms with Gasteiger partial charge in [-0.3, -0.25) is 4.79 Å². The zero-order valence-corrected chi connectivity index (χ0v) is 12.5. The molecule has 0 N–H and O–H groups in total. The van der Waals surface area contributed by atoms with Gasteiger partial charge in [-0.05, 0) is 31.1 Å². The van der Waals surface area contributed by atoms with Crippen molar-refractivity contribution in [1.29, 1.82) is 0 Å². The molecule has 0 atom stereocenters. The summed E-state index contributed by atoms with van der Waals surface area (Å²) in [6.45, 7) is 9.16. The smallest absolute Gasteiger partial charge is 0.367 e. The van der Waals surface area contributed by atoms with Crippen molar-refractivity contribution < 1.29 is 18.0 Å². The summed E-state index contributed by atoms with van der Waals surface area (Å²) < 4.78 is 39.7. The summed E-state index contributed by atoms with van der Waals surface area (Å²) in [4.78, 5) is 12.1. The fraction of sp³-hybridized carbons (Fsp3) is 0.562. The van der Waals surface area contributed by atoms with Crippen LogP contribution in [0.1, 0.15) is 32.6 Å². The van der Waals surface area contributed by atoms with E-state index in [1.54, 1.807) is 0 Å². The molecule has 0 aromatic rings. The second-order valence-electron chi connectivity index (χ2n) is 5.82. The molecule has 5 heteroatoms. The standard InChI is InChI=1S/C16H22F3NO/c1-5-12(11-21)14(16(17,18)19)20(4)13-7-9-15(3,6-2)10-8-13/h5-6,11,13H,1-2,7-10H2,3-4H3/b14-12+. The molecule has 0 saturated heterocycles. The normalized spacial score (nSPS) is 27.6. The molecule has 0 amide bonds. The van der Waals surface area contributed by atoms with Gasteiger partial charge in [0.1, 0.15) is 5.70 Å². The number of allylic oxidation sites excluding steroid dienone is 4. The number of aldehydes is 1. The zero-order valence-electron chi connectivity index (χ0n) is 12.5. The Kier molecular flexibility index (Phi) is 5.42. The quantitative estimate of drug-likeness (QED) is 0.327. The van der Waals surface area contributed by atoms with E-state index in [9.17, 15) is 18.0 Å². The van der Waals surface area contributed by atoms with Crippen molar-refractivity contribution in [2.45, 2.75) is 44.8 Å². The van der Waals surface area contributed by atoms with Gasteiger partial charge in [0.05, 0.1) is 0 Å². The Bertz CT molecular complexity index is 433. The summed E-state index contributed by atoms with van der Waals surface area (Å²) in [5, 5.41) is 0. The van der Waals surface area contributed by atoms with Gasteiger partial charge in [-0.2, -0.15) is 13.2 Å². The summed E-state index contributed by atoms with van der Waals surface area (Å²) >= 11 is 0. The molecule has 1 fully saturated rings. The molecule has 0 aromatic heterocycles. The number of carbonyl (C=O) groups excluding carboxylic acids is 1. The molecule has 1 saturated carbocycles. The van der Waals surface area contributed by atoms with E-state index < -0.39 is 17.4 Å². The van der Waals surface area contributed by atoms with Gasteiger partial charge < -0.3 is 4.90 Å². The SMILES string of the molecule is C=C/C(C=O)=C(\N(C)C1CCC(C)(C=C)CC1)C(F)(F)F. The fourth-order valence-electron chi connectivity index (χ4n) is 2.80. The number of alkyl halides is 3. The highest BCUT2D eigenvalue weighted by molar-refractivity contribution is 5.78. The van der Waals surface area contributed by atoms with E-state index in [-0.39, 0.29) is 17.7 Å². The third-order valence-electron chi connectivity index (χ3n) is 4.38. The Hall–Kier alpha value is -1.52. The third kappa shape index (κ3) is 3.99. The van der Waals surface area contributed by atoms with Gasteiger partial charge >= 0.3 is 6.18 Å². The van der Waals surface area contributed by atoms with Gasteiger partial charge in [0.2, 0.25) is 0 Å². The Morgan fingerprint density at radius 3 is 2.14 bits per heavy atom. The number of hydrogen-bond acceptors (Lipinski definition) is 2. The fourth-order valence-corrected chi connectivity index (χ4v) is 2.80. The van der Waals surface area contributed by atoms with Crippen molar-refractivity contribution in [3.05, 3.63) is 36.6 Å². The topological polar surface area (TPSA) is 20.3 Å². The molecule has 118 valence electrons. The van der Waals surface area contributed by atoms with Crippen LogP contribution in [0.3, 0.4) is 0 Å². The molecule has 1 aliphatic carbocycles. The Morgan fingerprint density at radius 1 is 1.29 bits per heavy atom. The van der Waals surface area contributed by atoms with Crippen molar-refractivity contribution in [3.63, 3.8) is 0 Å². The summed E-state index contributed by atoms with van der Waals surface area (Å²) in [6, 6.07) is -0.232. The first kappa shape index (κ1) is 17.5. The maximum atomic E-state index is 13.2. The van der Waals surface area contributed by atoms with Gasteiger partial charge in [-0.1, -0.05) is 25.7 Å². The number of carbonyl (C=O) groups is 1. The van der Waals surface area contributed by atoms with Crippen LogP contribution in [-0.4, -0.2) is 30.5 Å². The van der Waals surface area contributed by atoms with Gasteiger partial charge in [0.15, 0.2) is 6.29 Å². The Balaban J connectivity index is 3.02. The van der Waals surface area contributed by atoms with Crippen molar-refractivity contribution in [2.75, 3.05) is 7.05 Å². The van der Waals surface area contributed by atoms with Crippen LogP contribution in [0.4, 0.5) is 13.2 Å². The third-order valence-corrected chi connectivity index (χ3v) is 4.38. The van der Waals surface area contributed by atoms with Crippen LogP contribution in [0.2, 0.25) is 0 Å². The second-order valence-corrected chi connectivity index (χ2v) is 5.82. The molecule has 21 heavy (non-hydrogen) atoms. The minimum absolute atomic E-state index is 0.00856. The number of nitrogens with zero attached hydrogens (tertiary/aromatic N) is 1.